The maximum atomic E-state index is 10.9. The predicted octanol–water partition coefficient (Wildman–Crippen LogP) is 2.23. The first-order valence-corrected chi connectivity index (χ1v) is 1.88. The molecular weight excluding hydrogens is 162 g/mol. The van der Waals surface area contributed by atoms with E-state index in [1.165, 1.54) is 0 Å². The highest BCUT2D eigenvalue weighted by Crippen LogP contribution is 2.16. The SMILES string of the molecule is FC(F)(F)C#CC(F)(F)F.[H+]. The lowest BCUT2D eigenvalue weighted by molar-refractivity contribution is -0.0821. The number of hydrogen-bond donors (Lipinski definition) is 0. The second kappa shape index (κ2) is 2.40. The van der Waals surface area contributed by atoms with Crippen molar-refractivity contribution in [2.24, 2.45) is 0 Å². The lowest BCUT2D eigenvalue weighted by atomic mass is 10.5. The van der Waals surface area contributed by atoms with Gasteiger partial charge in [0.05, 0.1) is 0 Å². The largest absolute Gasteiger partial charge is 1.00 e. The average Bonchev–Trinajstić information content (AvgIpc) is 1.57. The van der Waals surface area contributed by atoms with Crippen molar-refractivity contribution in [3.8, 4) is 11.8 Å². The molecule has 10 heavy (non-hydrogen) atoms. The van der Waals surface area contributed by atoms with Crippen molar-refractivity contribution in [3.63, 3.8) is 0 Å². The van der Waals surface area contributed by atoms with Crippen LogP contribution in [0.15, 0.2) is 0 Å². The zero-order chi connectivity index (χ0) is 8.41. The summed E-state index contributed by atoms with van der Waals surface area (Å²) >= 11 is 0. The molecular formula is C4HF6+. The lowest BCUT2D eigenvalue weighted by Gasteiger charge is -1.94. The lowest BCUT2D eigenvalue weighted by Crippen LogP contribution is -2.07. The van der Waals surface area contributed by atoms with Crippen LogP contribution >= 0.6 is 0 Å². The Balaban J connectivity index is 0. The molecule has 0 atom stereocenters. The van der Waals surface area contributed by atoms with Gasteiger partial charge in [-0.1, -0.05) is 0 Å². The second-order valence-electron chi connectivity index (χ2n) is 1.25. The van der Waals surface area contributed by atoms with Gasteiger partial charge in [0.2, 0.25) is 0 Å². The third-order valence-electron chi connectivity index (χ3n) is 0.346. The van der Waals surface area contributed by atoms with Crippen LogP contribution in [0.3, 0.4) is 0 Å². The third-order valence-corrected chi connectivity index (χ3v) is 0.346. The van der Waals surface area contributed by atoms with Crippen LogP contribution in [0.25, 0.3) is 0 Å². The fourth-order valence-corrected chi connectivity index (χ4v) is 0.142. The molecule has 0 heterocycles. The Morgan fingerprint density at radius 3 is 1.00 bits per heavy atom. The summed E-state index contributed by atoms with van der Waals surface area (Å²) < 4.78 is 65.5. The van der Waals surface area contributed by atoms with Gasteiger partial charge >= 0.3 is 13.8 Å². The topological polar surface area (TPSA) is 0 Å². The molecule has 0 spiro atoms. The maximum absolute atomic E-state index is 10.9. The second-order valence-corrected chi connectivity index (χ2v) is 1.25. The molecule has 58 valence electrons. The molecule has 0 aromatic carbocycles. The smallest absolute Gasteiger partial charge is 0.159 e. The summed E-state index contributed by atoms with van der Waals surface area (Å²) in [4.78, 5) is 0. The van der Waals surface area contributed by atoms with Gasteiger partial charge in [-0.15, -0.1) is 0 Å². The van der Waals surface area contributed by atoms with Crippen LogP contribution in [0.1, 0.15) is 1.43 Å². The van der Waals surface area contributed by atoms with Crippen LogP contribution in [-0.2, 0) is 0 Å². The Morgan fingerprint density at radius 2 is 0.900 bits per heavy atom. The summed E-state index contributed by atoms with van der Waals surface area (Å²) in [6.07, 6.45) is -10.1. The Kier molecular flexibility index (Phi) is 2.20. The van der Waals surface area contributed by atoms with Gasteiger partial charge in [0.15, 0.2) is 0 Å². The minimum Gasteiger partial charge on any atom is -0.159 e. The van der Waals surface area contributed by atoms with Gasteiger partial charge in [-0.05, 0) is 0 Å². The Hall–Kier alpha value is -0.860. The molecule has 0 saturated carbocycles. The van der Waals surface area contributed by atoms with Crippen molar-refractivity contribution in [2.75, 3.05) is 0 Å². The minimum atomic E-state index is -5.07. The van der Waals surface area contributed by atoms with E-state index in [0.717, 1.165) is 0 Å². The van der Waals surface area contributed by atoms with Gasteiger partial charge in [-0.3, -0.25) is 0 Å². The van der Waals surface area contributed by atoms with Crippen LogP contribution < -0.4 is 0 Å². The van der Waals surface area contributed by atoms with Gasteiger partial charge in [-0.2, -0.15) is 26.3 Å². The van der Waals surface area contributed by atoms with Crippen molar-refractivity contribution in [1.29, 1.82) is 0 Å². The van der Waals surface area contributed by atoms with Crippen LogP contribution in [0.5, 0.6) is 0 Å². The Bertz CT molecular complexity index is 148. The van der Waals surface area contributed by atoms with Crippen LogP contribution in [0.2, 0.25) is 0 Å². The highest BCUT2D eigenvalue weighted by Gasteiger charge is 2.29. The van der Waals surface area contributed by atoms with E-state index in [2.05, 4.69) is 0 Å². The molecule has 0 amide bonds. The highest BCUT2D eigenvalue weighted by molar-refractivity contribution is 5.09. The monoisotopic (exact) mass is 163 g/mol. The molecule has 0 unspecified atom stereocenters. The van der Waals surface area contributed by atoms with E-state index in [1.807, 2.05) is 0 Å². The van der Waals surface area contributed by atoms with Crippen molar-refractivity contribution in [1.82, 2.24) is 0 Å². The number of alkyl halides is 6. The first-order valence-electron chi connectivity index (χ1n) is 1.88. The zero-order valence-electron chi connectivity index (χ0n) is 5.27. The van der Waals surface area contributed by atoms with E-state index in [9.17, 15) is 26.3 Å². The summed E-state index contributed by atoms with van der Waals surface area (Å²) in [5, 5.41) is 0. The summed E-state index contributed by atoms with van der Waals surface area (Å²) in [6.45, 7) is 0. The summed E-state index contributed by atoms with van der Waals surface area (Å²) in [7, 11) is 0. The van der Waals surface area contributed by atoms with E-state index < -0.39 is 12.4 Å². The number of halogens is 6. The van der Waals surface area contributed by atoms with E-state index in [1.54, 1.807) is 0 Å². The molecule has 0 N–H and O–H groups in total. The zero-order valence-corrected chi connectivity index (χ0v) is 4.27. The highest BCUT2D eigenvalue weighted by atomic mass is 19.4. The van der Waals surface area contributed by atoms with Crippen LogP contribution in [0, 0.1) is 11.8 Å². The van der Waals surface area contributed by atoms with Gasteiger partial charge in [0.1, 0.15) is 0 Å². The van der Waals surface area contributed by atoms with Gasteiger partial charge in [0, 0.05) is 11.8 Å². The molecule has 0 saturated heterocycles. The van der Waals surface area contributed by atoms with E-state index >= 15 is 0 Å². The predicted molar refractivity (Wildman–Crippen MR) is 21.0 cm³/mol. The van der Waals surface area contributed by atoms with E-state index in [0.29, 0.717) is 0 Å². The van der Waals surface area contributed by atoms with Gasteiger partial charge < -0.3 is 0 Å². The molecule has 0 nitrogen and oxygen atoms in total. The summed E-state index contributed by atoms with van der Waals surface area (Å²) in [6, 6.07) is 0. The van der Waals surface area contributed by atoms with Crippen molar-refractivity contribution >= 4 is 0 Å². The molecule has 0 radical (unpaired) electrons. The summed E-state index contributed by atoms with van der Waals surface area (Å²) in [5.74, 6) is 0.174. The van der Waals surface area contributed by atoms with Crippen LogP contribution in [-0.4, -0.2) is 12.4 Å². The fourth-order valence-electron chi connectivity index (χ4n) is 0.142. The first-order chi connectivity index (χ1) is 4.21. The standard InChI is InChI=1S/C4F6/c5-3(6,7)1-2-4(8,9)10/p+1. The molecule has 0 aliphatic heterocycles. The fraction of sp³-hybridized carbons (Fsp3) is 0.500. The molecule has 0 rings (SSSR count). The third kappa shape index (κ3) is 7.14. The molecule has 6 heteroatoms. The van der Waals surface area contributed by atoms with Crippen molar-refractivity contribution in [2.45, 2.75) is 12.4 Å². The summed E-state index contributed by atoms with van der Waals surface area (Å²) in [5.41, 5.74) is 0. The Morgan fingerprint density at radius 1 is 0.700 bits per heavy atom. The van der Waals surface area contributed by atoms with Crippen LogP contribution in [0.4, 0.5) is 26.3 Å². The maximum Gasteiger partial charge on any atom is 1.00 e. The normalized spacial score (nSPS) is 12.2. The van der Waals surface area contributed by atoms with Gasteiger partial charge in [0.25, 0.3) is 0 Å². The van der Waals surface area contributed by atoms with Crippen molar-refractivity contribution in [3.05, 3.63) is 0 Å². The number of rotatable bonds is 0. The average molecular weight is 163 g/mol. The quantitative estimate of drug-likeness (QED) is 0.379. The number of hydrogen-bond acceptors (Lipinski definition) is 0. The molecule has 0 aromatic heterocycles. The molecule has 0 aliphatic rings. The molecule has 0 aliphatic carbocycles. The molecule has 0 bridgehead atoms. The molecule has 0 fully saturated rings. The van der Waals surface area contributed by atoms with Gasteiger partial charge in [-0.25, -0.2) is 0 Å². The molecule has 0 aromatic rings. The first kappa shape index (κ1) is 9.14. The van der Waals surface area contributed by atoms with Crippen molar-refractivity contribution < 1.29 is 27.8 Å². The Labute approximate surface area is 53.3 Å². The van der Waals surface area contributed by atoms with E-state index in [-0.39, 0.29) is 13.3 Å². The van der Waals surface area contributed by atoms with E-state index in [4.69, 9.17) is 0 Å². The minimum absolute atomic E-state index is 0.